The van der Waals surface area contributed by atoms with E-state index in [9.17, 15) is 5.26 Å². The zero-order valence-electron chi connectivity index (χ0n) is 14.3. The molecule has 5 nitrogen and oxygen atoms in total. The number of nitrogens with zero attached hydrogens (tertiary/aromatic N) is 3. The van der Waals surface area contributed by atoms with Gasteiger partial charge in [-0.25, -0.2) is 4.99 Å². The summed E-state index contributed by atoms with van der Waals surface area (Å²) < 4.78 is 5.90. The van der Waals surface area contributed by atoms with E-state index in [4.69, 9.17) is 17.0 Å². The molecule has 1 N–H and O–H groups in total. The van der Waals surface area contributed by atoms with E-state index >= 15 is 0 Å². The number of rotatable bonds is 2. The van der Waals surface area contributed by atoms with Crippen LogP contribution in [0.2, 0.25) is 0 Å². The number of aliphatic imine (C=N–C) groups is 1. The monoisotopic (exact) mass is 342 g/mol. The first-order valence-corrected chi connectivity index (χ1v) is 8.53. The van der Waals surface area contributed by atoms with Crippen molar-refractivity contribution in [3.63, 3.8) is 0 Å². The Morgan fingerprint density at radius 1 is 1.42 bits per heavy atom. The molecule has 0 unspecified atom stereocenters. The summed E-state index contributed by atoms with van der Waals surface area (Å²) in [6.45, 7) is 7.06. The van der Waals surface area contributed by atoms with Crippen LogP contribution in [0.1, 0.15) is 32.3 Å². The molecule has 1 aromatic rings. The van der Waals surface area contributed by atoms with Gasteiger partial charge in [0, 0.05) is 25.1 Å². The topological polar surface area (TPSA) is 60.7 Å². The van der Waals surface area contributed by atoms with Gasteiger partial charge in [0.25, 0.3) is 0 Å². The lowest BCUT2D eigenvalue weighted by Crippen LogP contribution is -2.60. The summed E-state index contributed by atoms with van der Waals surface area (Å²) in [7, 11) is 0. The molecule has 0 aromatic heterocycles. The van der Waals surface area contributed by atoms with Crippen molar-refractivity contribution in [2.45, 2.75) is 44.8 Å². The number of nitriles is 1. The molecular formula is C18H22N4OS. The van der Waals surface area contributed by atoms with Crippen LogP contribution in [0.5, 0.6) is 0 Å². The molecule has 3 rings (SSSR count). The van der Waals surface area contributed by atoms with E-state index in [1.54, 1.807) is 0 Å². The minimum absolute atomic E-state index is 0.233. The molecule has 1 fully saturated rings. The molecule has 1 saturated heterocycles. The van der Waals surface area contributed by atoms with E-state index in [1.807, 2.05) is 23.1 Å². The minimum Gasteiger partial charge on any atom is -0.375 e. The Labute approximate surface area is 148 Å². The Hall–Kier alpha value is -1.97. The normalized spacial score (nSPS) is 25.5. The number of nitrogens with one attached hydrogen (secondary N) is 1. The molecule has 6 heteroatoms. The van der Waals surface area contributed by atoms with Gasteiger partial charge in [0.05, 0.1) is 11.7 Å². The number of benzene rings is 1. The van der Waals surface area contributed by atoms with Gasteiger partial charge in [-0.15, -0.1) is 0 Å². The van der Waals surface area contributed by atoms with Gasteiger partial charge in [0.2, 0.25) is 0 Å². The van der Waals surface area contributed by atoms with Gasteiger partial charge in [-0.3, -0.25) is 0 Å². The number of anilines is 1. The fourth-order valence-corrected chi connectivity index (χ4v) is 3.95. The van der Waals surface area contributed by atoms with Crippen LogP contribution in [0.4, 0.5) is 5.69 Å². The highest BCUT2D eigenvalue weighted by atomic mass is 32.1. The second-order valence-electron chi connectivity index (χ2n) is 6.99. The molecule has 2 heterocycles. The quantitative estimate of drug-likeness (QED) is 0.660. The molecule has 2 aliphatic rings. The molecule has 1 atom stereocenters. The van der Waals surface area contributed by atoms with Gasteiger partial charge >= 0.3 is 0 Å². The fraction of sp³-hybridized carbons (Fsp3) is 0.500. The summed E-state index contributed by atoms with van der Waals surface area (Å²) >= 11 is 5.47. The van der Waals surface area contributed by atoms with Crippen LogP contribution in [0.3, 0.4) is 0 Å². The van der Waals surface area contributed by atoms with Crippen molar-refractivity contribution in [2.24, 2.45) is 4.99 Å². The molecule has 2 aliphatic heterocycles. The number of hydrogen-bond acceptors (Lipinski definition) is 4. The van der Waals surface area contributed by atoms with Gasteiger partial charge in [0.15, 0.2) is 5.11 Å². The Balaban J connectivity index is 2.00. The SMILES string of the molecule is Cc1ccccc1NC1=NC(=S)N(CC#N)[C@@]12CCOC(C)(C)C2. The number of aryl methyl sites for hydroxylation is 1. The van der Waals surface area contributed by atoms with Crippen LogP contribution in [0, 0.1) is 18.3 Å². The first-order chi connectivity index (χ1) is 11.4. The Bertz CT molecular complexity index is 737. The van der Waals surface area contributed by atoms with Crippen LogP contribution < -0.4 is 5.32 Å². The third-order valence-corrected chi connectivity index (χ3v) is 5.06. The van der Waals surface area contributed by atoms with Crippen LogP contribution in [-0.4, -0.2) is 40.1 Å². The third-order valence-electron chi connectivity index (χ3n) is 4.75. The number of hydrogen-bond donors (Lipinski definition) is 1. The average Bonchev–Trinajstić information content (AvgIpc) is 2.74. The lowest BCUT2D eigenvalue weighted by molar-refractivity contribution is -0.0857. The van der Waals surface area contributed by atoms with Gasteiger partial charge in [0.1, 0.15) is 17.9 Å². The Morgan fingerprint density at radius 3 is 2.83 bits per heavy atom. The van der Waals surface area contributed by atoms with Crippen molar-refractivity contribution in [3.8, 4) is 6.07 Å². The van der Waals surface area contributed by atoms with E-state index in [2.05, 4.69) is 43.2 Å². The van der Waals surface area contributed by atoms with Gasteiger partial charge in [-0.1, -0.05) is 18.2 Å². The van der Waals surface area contributed by atoms with E-state index < -0.39 is 5.54 Å². The van der Waals surface area contributed by atoms with E-state index in [0.29, 0.717) is 11.7 Å². The molecule has 1 aromatic carbocycles. The maximum Gasteiger partial charge on any atom is 0.198 e. The number of ether oxygens (including phenoxy) is 1. The summed E-state index contributed by atoms with van der Waals surface area (Å²) in [6, 6.07) is 10.3. The number of amidine groups is 1. The molecule has 0 aliphatic carbocycles. The molecule has 0 amide bonds. The smallest absolute Gasteiger partial charge is 0.198 e. The molecule has 24 heavy (non-hydrogen) atoms. The second kappa shape index (κ2) is 6.15. The average molecular weight is 342 g/mol. The lowest BCUT2D eigenvalue weighted by atomic mass is 9.79. The van der Waals surface area contributed by atoms with Gasteiger partial charge in [-0.2, -0.15) is 5.26 Å². The summed E-state index contributed by atoms with van der Waals surface area (Å²) in [6.07, 6.45) is 1.50. The predicted octanol–water partition coefficient (Wildman–Crippen LogP) is 3.26. The molecule has 126 valence electrons. The van der Waals surface area contributed by atoms with Gasteiger partial charge < -0.3 is 15.0 Å². The van der Waals surface area contributed by atoms with E-state index in [-0.39, 0.29) is 12.1 Å². The number of para-hydroxylation sites is 1. The van der Waals surface area contributed by atoms with Crippen LogP contribution in [0.15, 0.2) is 29.3 Å². The maximum atomic E-state index is 9.25. The molecule has 0 bridgehead atoms. The van der Waals surface area contributed by atoms with Crippen molar-refractivity contribution < 1.29 is 4.74 Å². The van der Waals surface area contributed by atoms with Crippen LogP contribution in [0.25, 0.3) is 0 Å². The Kier molecular flexibility index (Phi) is 4.33. The highest BCUT2D eigenvalue weighted by Crippen LogP contribution is 2.41. The molecular weight excluding hydrogens is 320 g/mol. The van der Waals surface area contributed by atoms with Crippen molar-refractivity contribution in [2.75, 3.05) is 18.5 Å². The maximum absolute atomic E-state index is 9.25. The third kappa shape index (κ3) is 2.90. The van der Waals surface area contributed by atoms with Crippen molar-refractivity contribution in [1.29, 1.82) is 5.26 Å². The molecule has 1 spiro atoms. The fourth-order valence-electron chi connectivity index (χ4n) is 3.62. The van der Waals surface area contributed by atoms with E-state index in [0.717, 1.165) is 29.9 Å². The van der Waals surface area contributed by atoms with E-state index in [1.165, 1.54) is 0 Å². The Morgan fingerprint density at radius 2 is 2.17 bits per heavy atom. The largest absolute Gasteiger partial charge is 0.375 e. The standard InChI is InChI=1S/C18H22N4OS/c1-13-6-4-5-7-14(13)20-15-18(8-11-23-17(2,3)12-18)22(10-9-19)16(24)21-15/h4-7H,8,10-12H2,1-3H3,(H,20,21,24)/t18-/m1/s1. The lowest BCUT2D eigenvalue weighted by Gasteiger charge is -2.47. The van der Waals surface area contributed by atoms with Crippen LogP contribution >= 0.6 is 12.2 Å². The first kappa shape index (κ1) is 16.9. The summed E-state index contributed by atoms with van der Waals surface area (Å²) in [5.41, 5.74) is 1.46. The van der Waals surface area contributed by atoms with Gasteiger partial charge in [-0.05, 0) is 44.6 Å². The van der Waals surface area contributed by atoms with Crippen molar-refractivity contribution in [3.05, 3.63) is 29.8 Å². The van der Waals surface area contributed by atoms with Crippen molar-refractivity contribution in [1.82, 2.24) is 4.90 Å². The minimum atomic E-state index is -0.406. The first-order valence-electron chi connectivity index (χ1n) is 8.12. The zero-order valence-corrected chi connectivity index (χ0v) is 15.1. The summed E-state index contributed by atoms with van der Waals surface area (Å²) in [5.74, 6) is 0.827. The predicted molar refractivity (Wildman–Crippen MR) is 99.1 cm³/mol. The molecule has 0 saturated carbocycles. The molecule has 0 radical (unpaired) electrons. The highest BCUT2D eigenvalue weighted by Gasteiger charge is 2.53. The summed E-state index contributed by atoms with van der Waals surface area (Å²) in [5, 5.41) is 13.2. The van der Waals surface area contributed by atoms with Crippen molar-refractivity contribution >= 4 is 28.9 Å². The zero-order chi connectivity index (χ0) is 17.4. The van der Waals surface area contributed by atoms with Crippen LogP contribution in [-0.2, 0) is 4.74 Å². The summed E-state index contributed by atoms with van der Waals surface area (Å²) in [4.78, 5) is 6.58. The highest BCUT2D eigenvalue weighted by molar-refractivity contribution is 7.80. The second-order valence-corrected chi connectivity index (χ2v) is 7.36. The number of thiocarbonyl (C=S) groups is 1.